The first-order valence-corrected chi connectivity index (χ1v) is 10.4. The Labute approximate surface area is 151 Å². The molecule has 24 heavy (non-hydrogen) atoms. The minimum atomic E-state index is -0.0183. The van der Waals surface area contributed by atoms with Crippen LogP contribution in [-0.2, 0) is 24.1 Å². The van der Waals surface area contributed by atoms with Crippen LogP contribution in [0.4, 0.5) is 5.13 Å². The van der Waals surface area contributed by atoms with Crippen molar-refractivity contribution in [3.05, 3.63) is 22.0 Å². The molecule has 3 rings (SSSR count). The summed E-state index contributed by atoms with van der Waals surface area (Å²) in [5.74, 6) is 0.333. The van der Waals surface area contributed by atoms with Gasteiger partial charge in [-0.25, -0.2) is 9.97 Å². The average Bonchev–Trinajstić information content (AvgIpc) is 3.13. The van der Waals surface area contributed by atoms with Crippen molar-refractivity contribution in [1.29, 1.82) is 0 Å². The molecule has 2 heterocycles. The fourth-order valence-electron chi connectivity index (χ4n) is 2.82. The quantitative estimate of drug-likeness (QED) is 0.725. The number of thiazole rings is 1. The smallest absolute Gasteiger partial charge is 0.236 e. The number of H-pyrrole nitrogens is 1. The van der Waals surface area contributed by atoms with Crippen molar-refractivity contribution in [2.24, 2.45) is 0 Å². The summed E-state index contributed by atoms with van der Waals surface area (Å²) in [6.45, 7) is 4.22. The number of hydrogen-bond acceptors (Lipinski definition) is 5. The highest BCUT2D eigenvalue weighted by molar-refractivity contribution is 7.99. The Kier molecular flexibility index (Phi) is 5.94. The highest BCUT2D eigenvalue weighted by Gasteiger charge is 2.16. The first-order chi connectivity index (χ1) is 11.7. The molecule has 5 nitrogen and oxygen atoms in total. The molecular weight excluding hydrogens is 340 g/mol. The van der Waals surface area contributed by atoms with Crippen LogP contribution in [0, 0.1) is 6.92 Å². The number of imidazole rings is 1. The van der Waals surface area contributed by atoms with Crippen LogP contribution >= 0.6 is 23.1 Å². The summed E-state index contributed by atoms with van der Waals surface area (Å²) in [7, 11) is 0. The largest absolute Gasteiger partial charge is 0.337 e. The van der Waals surface area contributed by atoms with Gasteiger partial charge in [-0.2, -0.15) is 0 Å². The Morgan fingerprint density at radius 2 is 2.17 bits per heavy atom. The number of fused-ring (bicyclic) bond motifs is 1. The fourth-order valence-corrected chi connectivity index (χ4v) is 4.62. The van der Waals surface area contributed by atoms with Gasteiger partial charge < -0.3 is 10.3 Å². The number of rotatable bonds is 7. The van der Waals surface area contributed by atoms with E-state index < -0.39 is 0 Å². The van der Waals surface area contributed by atoms with Gasteiger partial charge in [-0.15, -0.1) is 11.3 Å². The number of carbonyl (C=O) groups is 1. The summed E-state index contributed by atoms with van der Waals surface area (Å²) in [6, 6.07) is 0. The van der Waals surface area contributed by atoms with E-state index in [1.54, 1.807) is 11.3 Å². The van der Waals surface area contributed by atoms with Crippen LogP contribution in [0.1, 0.15) is 54.6 Å². The second-order valence-corrected chi connectivity index (χ2v) is 8.20. The lowest BCUT2D eigenvalue weighted by molar-refractivity contribution is -0.113. The van der Waals surface area contributed by atoms with E-state index in [9.17, 15) is 4.79 Å². The topological polar surface area (TPSA) is 70.7 Å². The number of amides is 1. The number of aromatic nitrogens is 3. The van der Waals surface area contributed by atoms with Gasteiger partial charge in [0.05, 0.1) is 17.1 Å². The lowest BCUT2D eigenvalue weighted by atomic mass is 10.0. The molecule has 0 aliphatic heterocycles. The number of anilines is 1. The zero-order valence-corrected chi connectivity index (χ0v) is 15.9. The molecule has 2 N–H and O–H groups in total. The summed E-state index contributed by atoms with van der Waals surface area (Å²) < 4.78 is 0. The van der Waals surface area contributed by atoms with E-state index in [1.807, 2.05) is 6.92 Å². The third-order valence-corrected chi connectivity index (χ3v) is 6.11. The maximum absolute atomic E-state index is 12.2. The van der Waals surface area contributed by atoms with Gasteiger partial charge in [-0.05, 0) is 45.4 Å². The van der Waals surface area contributed by atoms with Gasteiger partial charge >= 0.3 is 0 Å². The van der Waals surface area contributed by atoms with Crippen molar-refractivity contribution in [2.45, 2.75) is 63.9 Å². The molecule has 7 heteroatoms. The van der Waals surface area contributed by atoms with Crippen LogP contribution in [-0.4, -0.2) is 26.6 Å². The number of hydrogen-bond donors (Lipinski definition) is 2. The Morgan fingerprint density at radius 1 is 1.33 bits per heavy atom. The van der Waals surface area contributed by atoms with Crippen molar-refractivity contribution in [3.63, 3.8) is 0 Å². The molecule has 130 valence electrons. The van der Waals surface area contributed by atoms with Crippen LogP contribution in [0.3, 0.4) is 0 Å². The molecule has 1 amide bonds. The van der Waals surface area contributed by atoms with Gasteiger partial charge in [-0.1, -0.05) is 25.1 Å². The van der Waals surface area contributed by atoms with Crippen molar-refractivity contribution in [3.8, 4) is 0 Å². The normalized spacial score (nSPS) is 13.8. The van der Waals surface area contributed by atoms with Gasteiger partial charge in [0.15, 0.2) is 10.3 Å². The number of thioether (sulfide) groups is 1. The van der Waals surface area contributed by atoms with Crippen LogP contribution in [0.2, 0.25) is 0 Å². The van der Waals surface area contributed by atoms with Crippen molar-refractivity contribution in [2.75, 3.05) is 11.1 Å². The molecule has 0 fully saturated rings. The zero-order valence-electron chi connectivity index (χ0n) is 14.3. The van der Waals surface area contributed by atoms with E-state index in [0.29, 0.717) is 5.75 Å². The zero-order chi connectivity index (χ0) is 16.9. The SMILES string of the molecule is CCCCc1nc(SCC(=O)Nc2nc3c(s2)CCCC3)[nH]c1C. The highest BCUT2D eigenvalue weighted by atomic mass is 32.2. The summed E-state index contributed by atoms with van der Waals surface area (Å²) in [5.41, 5.74) is 3.41. The first-order valence-electron chi connectivity index (χ1n) is 8.62. The van der Waals surface area contributed by atoms with Gasteiger partial charge in [0.25, 0.3) is 0 Å². The highest BCUT2D eigenvalue weighted by Crippen LogP contribution is 2.29. The van der Waals surface area contributed by atoms with E-state index in [0.717, 1.165) is 53.8 Å². The van der Waals surface area contributed by atoms with Crippen molar-refractivity contribution in [1.82, 2.24) is 15.0 Å². The molecule has 0 saturated heterocycles. The molecule has 0 spiro atoms. The van der Waals surface area contributed by atoms with Crippen LogP contribution in [0.15, 0.2) is 5.16 Å². The minimum absolute atomic E-state index is 0.0183. The predicted octanol–water partition coefficient (Wildman–Crippen LogP) is 4.13. The van der Waals surface area contributed by atoms with E-state index in [4.69, 9.17) is 0 Å². The summed E-state index contributed by atoms with van der Waals surface area (Å²) in [6.07, 6.45) is 7.89. The number of unbranched alkanes of at least 4 members (excludes halogenated alkanes) is 1. The van der Waals surface area contributed by atoms with Crippen molar-refractivity contribution >= 4 is 34.1 Å². The first kappa shape index (κ1) is 17.5. The molecule has 2 aromatic heterocycles. The molecule has 0 unspecified atom stereocenters. The summed E-state index contributed by atoms with van der Waals surface area (Å²) >= 11 is 3.07. The molecule has 2 aromatic rings. The molecule has 0 aromatic carbocycles. The van der Waals surface area contributed by atoms with Gasteiger partial charge in [0.2, 0.25) is 5.91 Å². The number of carbonyl (C=O) groups excluding carboxylic acids is 1. The van der Waals surface area contributed by atoms with E-state index in [-0.39, 0.29) is 5.91 Å². The van der Waals surface area contributed by atoms with E-state index in [1.165, 1.54) is 35.2 Å². The molecule has 1 aliphatic carbocycles. The van der Waals surface area contributed by atoms with E-state index >= 15 is 0 Å². The molecule has 0 bridgehead atoms. The molecule has 0 atom stereocenters. The Bertz CT molecular complexity index is 684. The summed E-state index contributed by atoms with van der Waals surface area (Å²) in [5, 5.41) is 4.50. The van der Waals surface area contributed by atoms with E-state index in [2.05, 4.69) is 27.2 Å². The molecule has 1 aliphatic rings. The monoisotopic (exact) mass is 364 g/mol. The lowest BCUT2D eigenvalue weighted by Crippen LogP contribution is -2.14. The fraction of sp³-hybridized carbons (Fsp3) is 0.588. The third-order valence-electron chi connectivity index (χ3n) is 4.16. The minimum Gasteiger partial charge on any atom is -0.337 e. The maximum Gasteiger partial charge on any atom is 0.236 e. The van der Waals surface area contributed by atoms with Gasteiger partial charge in [-0.3, -0.25) is 4.79 Å². The van der Waals surface area contributed by atoms with Gasteiger partial charge in [0, 0.05) is 10.6 Å². The lowest BCUT2D eigenvalue weighted by Gasteiger charge is -2.06. The van der Waals surface area contributed by atoms with Crippen LogP contribution in [0.5, 0.6) is 0 Å². The average molecular weight is 365 g/mol. The maximum atomic E-state index is 12.2. The predicted molar refractivity (Wildman–Crippen MR) is 100 cm³/mol. The van der Waals surface area contributed by atoms with Crippen LogP contribution < -0.4 is 5.32 Å². The molecule has 0 radical (unpaired) electrons. The Hall–Kier alpha value is -1.34. The number of aromatic amines is 1. The number of nitrogens with zero attached hydrogens (tertiary/aromatic N) is 2. The number of aryl methyl sites for hydroxylation is 4. The standard InChI is InChI=1S/C17H24N4OS2/c1-3-4-7-12-11(2)18-16(19-12)23-10-15(22)21-17-20-13-8-5-6-9-14(13)24-17/h3-10H2,1-2H3,(H,18,19)(H,20,21,22). The molecular formula is C17H24N4OS2. The molecule has 0 saturated carbocycles. The number of nitrogens with one attached hydrogen (secondary N) is 2. The third kappa shape index (κ3) is 4.39. The Balaban J connectivity index is 1.51. The second-order valence-electron chi connectivity index (χ2n) is 6.15. The summed E-state index contributed by atoms with van der Waals surface area (Å²) in [4.78, 5) is 25.9. The second kappa shape index (κ2) is 8.16. The van der Waals surface area contributed by atoms with Crippen molar-refractivity contribution < 1.29 is 4.79 Å². The van der Waals surface area contributed by atoms with Crippen LogP contribution in [0.25, 0.3) is 0 Å². The van der Waals surface area contributed by atoms with Gasteiger partial charge in [0.1, 0.15) is 0 Å². The Morgan fingerprint density at radius 3 is 2.96 bits per heavy atom.